The van der Waals surface area contributed by atoms with Crippen LogP contribution in [0.15, 0.2) is 54.1 Å². The molecule has 0 bridgehead atoms. The Bertz CT molecular complexity index is 1820. The monoisotopic (exact) mass is 599 g/mol. The molecule has 3 aromatic heterocycles. The molecule has 2 atom stereocenters. The molecule has 43 heavy (non-hydrogen) atoms. The van der Waals surface area contributed by atoms with Crippen molar-refractivity contribution >= 4 is 34.4 Å². The van der Waals surface area contributed by atoms with Crippen molar-refractivity contribution in [2.24, 2.45) is 0 Å². The number of piperazine rings is 1. The number of aromatic nitrogens is 5. The second-order valence-electron chi connectivity index (χ2n) is 11.8. The second-order valence-corrected chi connectivity index (χ2v) is 12.2. The Morgan fingerprint density at radius 3 is 2.33 bits per heavy atom. The number of fused-ring (bicyclic) bond motifs is 1. The summed E-state index contributed by atoms with van der Waals surface area (Å²) < 4.78 is 16.6. The van der Waals surface area contributed by atoms with Gasteiger partial charge in [-0.15, -0.1) is 0 Å². The first-order chi connectivity index (χ1) is 20.8. The number of anilines is 1. The van der Waals surface area contributed by atoms with Crippen molar-refractivity contribution in [3.63, 3.8) is 0 Å². The van der Waals surface area contributed by atoms with Gasteiger partial charge in [0.1, 0.15) is 18.0 Å². The molecule has 3 fully saturated rings. The second kappa shape index (κ2) is 10.5. The lowest BCUT2D eigenvalue weighted by Crippen LogP contribution is -2.58. The first-order valence-electron chi connectivity index (χ1n) is 14.7. The lowest BCUT2D eigenvalue weighted by Gasteiger charge is -2.44. The molecule has 4 heterocycles. The highest BCUT2D eigenvalue weighted by atomic mass is 35.5. The van der Waals surface area contributed by atoms with Crippen LogP contribution in [0.3, 0.4) is 0 Å². The third-order valence-corrected chi connectivity index (χ3v) is 8.96. The van der Waals surface area contributed by atoms with Gasteiger partial charge in [-0.2, -0.15) is 4.98 Å². The van der Waals surface area contributed by atoms with Gasteiger partial charge in [0.2, 0.25) is 5.91 Å². The number of carbonyl (C=O) groups excluding carboxylic acids is 1. The summed E-state index contributed by atoms with van der Waals surface area (Å²) in [5.41, 5.74) is 2.55. The van der Waals surface area contributed by atoms with Crippen molar-refractivity contribution in [1.82, 2.24) is 29.4 Å². The van der Waals surface area contributed by atoms with Crippen molar-refractivity contribution in [3.05, 3.63) is 82.0 Å². The number of pyridine rings is 1. The highest BCUT2D eigenvalue weighted by molar-refractivity contribution is 6.33. The van der Waals surface area contributed by atoms with E-state index in [-0.39, 0.29) is 46.1 Å². The van der Waals surface area contributed by atoms with Crippen molar-refractivity contribution < 1.29 is 9.18 Å². The maximum atomic E-state index is 15.1. The Hall–Kier alpha value is -4.18. The van der Waals surface area contributed by atoms with Crippen LogP contribution in [-0.2, 0) is 4.79 Å². The maximum absolute atomic E-state index is 15.1. The normalized spacial score (nSPS) is 20.5. The number of hydrogen-bond donors (Lipinski definition) is 0. The van der Waals surface area contributed by atoms with E-state index in [1.165, 1.54) is 16.7 Å². The van der Waals surface area contributed by atoms with Crippen molar-refractivity contribution in [3.8, 4) is 16.9 Å². The van der Waals surface area contributed by atoms with Gasteiger partial charge in [-0.1, -0.05) is 30.3 Å². The van der Waals surface area contributed by atoms with E-state index in [1.807, 2.05) is 18.7 Å². The minimum Gasteiger partial charge on any atom is -0.349 e. The van der Waals surface area contributed by atoms with Gasteiger partial charge in [-0.3, -0.25) is 4.79 Å². The smallest absolute Gasteiger partial charge is 0.349 e. The summed E-state index contributed by atoms with van der Waals surface area (Å²) in [6.07, 6.45) is 6.83. The minimum atomic E-state index is -0.514. The van der Waals surface area contributed by atoms with E-state index in [1.54, 1.807) is 35.5 Å². The third kappa shape index (κ3) is 4.77. The molecule has 9 nitrogen and oxygen atoms in total. The van der Waals surface area contributed by atoms with Crippen molar-refractivity contribution in [2.75, 3.05) is 18.0 Å². The Kier molecular flexibility index (Phi) is 6.76. The number of nitrogens with zero attached hydrogens (tertiary/aromatic N) is 7. The van der Waals surface area contributed by atoms with Crippen LogP contribution in [0.4, 0.5) is 10.2 Å². The van der Waals surface area contributed by atoms with E-state index in [0.717, 1.165) is 37.1 Å². The highest BCUT2D eigenvalue weighted by Gasteiger charge is 2.38. The van der Waals surface area contributed by atoms with Crippen LogP contribution < -0.4 is 10.6 Å². The largest absolute Gasteiger partial charge is 0.355 e. The number of benzene rings is 1. The number of rotatable bonds is 6. The summed E-state index contributed by atoms with van der Waals surface area (Å²) in [6.45, 7) is 8.44. The molecule has 4 aromatic rings. The van der Waals surface area contributed by atoms with Crippen molar-refractivity contribution in [2.45, 2.75) is 63.5 Å². The zero-order chi connectivity index (χ0) is 30.0. The van der Waals surface area contributed by atoms with E-state index in [2.05, 4.69) is 21.5 Å². The van der Waals surface area contributed by atoms with E-state index in [9.17, 15) is 9.59 Å². The standard InChI is InChI=1S/C32H31ClFN7O2/c1-4-25(42)39-14-18(3)40(15-17(39)2)30-22-13-23(33)28(21-7-5-6-8-24(21)34)37-31(22)41(32(43)38-30)29-26(19-9-10-19)35-16-36-27(29)20-11-12-20/h4-8,13,16-20H,1,9-12,14-15H2,2-3H3/t17-,18+/m1/s1. The van der Waals surface area contributed by atoms with Crippen LogP contribution in [-0.4, -0.2) is 60.5 Å². The molecule has 1 amide bonds. The lowest BCUT2D eigenvalue weighted by molar-refractivity contribution is -0.128. The predicted octanol–water partition coefficient (Wildman–Crippen LogP) is 5.40. The fraction of sp³-hybridized carbons (Fsp3) is 0.375. The van der Waals surface area contributed by atoms with Gasteiger partial charge in [-0.05, 0) is 63.8 Å². The van der Waals surface area contributed by atoms with E-state index >= 15 is 4.39 Å². The number of amides is 1. The first-order valence-corrected chi connectivity index (χ1v) is 15.1. The topological polar surface area (TPSA) is 97.1 Å². The van der Waals surface area contributed by atoms with Gasteiger partial charge in [0.05, 0.1) is 33.2 Å². The Balaban J connectivity index is 1.50. The fourth-order valence-corrected chi connectivity index (χ4v) is 6.41. The third-order valence-electron chi connectivity index (χ3n) is 8.68. The zero-order valence-electron chi connectivity index (χ0n) is 24.0. The Morgan fingerprint density at radius 1 is 1.02 bits per heavy atom. The molecular formula is C32H31ClFN7O2. The number of hydrogen-bond acceptors (Lipinski definition) is 7. The fourth-order valence-electron chi connectivity index (χ4n) is 6.16. The molecule has 1 aromatic carbocycles. The molecule has 0 radical (unpaired) electrons. The minimum absolute atomic E-state index is 0.143. The molecule has 3 aliphatic rings. The number of halogens is 2. The molecule has 2 aliphatic carbocycles. The lowest BCUT2D eigenvalue weighted by atomic mass is 10.1. The van der Waals surface area contributed by atoms with Gasteiger partial charge in [0.25, 0.3) is 0 Å². The number of carbonyl (C=O) groups is 1. The molecule has 1 saturated heterocycles. The summed E-state index contributed by atoms with van der Waals surface area (Å²) in [6, 6.07) is 7.71. The molecule has 0 spiro atoms. The molecular weight excluding hydrogens is 569 g/mol. The van der Waals surface area contributed by atoms with Gasteiger partial charge in [0.15, 0.2) is 5.65 Å². The molecule has 0 N–H and O–H groups in total. The van der Waals surface area contributed by atoms with Crippen LogP contribution in [0.5, 0.6) is 0 Å². The predicted molar refractivity (Wildman–Crippen MR) is 163 cm³/mol. The highest BCUT2D eigenvalue weighted by Crippen LogP contribution is 2.47. The molecule has 220 valence electrons. The molecule has 0 unspecified atom stereocenters. The van der Waals surface area contributed by atoms with Gasteiger partial charge in [0, 0.05) is 42.6 Å². The van der Waals surface area contributed by atoms with E-state index < -0.39 is 11.5 Å². The van der Waals surface area contributed by atoms with Crippen LogP contribution in [0.25, 0.3) is 28.0 Å². The quantitative estimate of drug-likeness (QED) is 0.274. The van der Waals surface area contributed by atoms with Gasteiger partial charge in [-0.25, -0.2) is 28.7 Å². The SMILES string of the molecule is C=CC(=O)N1C[C@H](C)N(c2nc(=O)n(-c3c(C4CC4)ncnc3C3CC3)c3nc(-c4ccccc4F)c(Cl)cc23)C[C@H]1C. The molecule has 2 saturated carbocycles. The molecule has 1 aliphatic heterocycles. The van der Waals surface area contributed by atoms with E-state index in [4.69, 9.17) is 16.6 Å². The maximum Gasteiger partial charge on any atom is 0.355 e. The van der Waals surface area contributed by atoms with Gasteiger partial charge < -0.3 is 9.80 Å². The van der Waals surface area contributed by atoms with Crippen LogP contribution in [0, 0.1) is 5.82 Å². The van der Waals surface area contributed by atoms with Crippen LogP contribution >= 0.6 is 11.6 Å². The van der Waals surface area contributed by atoms with Gasteiger partial charge >= 0.3 is 5.69 Å². The summed E-state index contributed by atoms with van der Waals surface area (Å²) in [4.78, 5) is 49.4. The summed E-state index contributed by atoms with van der Waals surface area (Å²) in [7, 11) is 0. The summed E-state index contributed by atoms with van der Waals surface area (Å²) in [5.74, 6) is 0.272. The molecule has 7 rings (SSSR count). The zero-order valence-corrected chi connectivity index (χ0v) is 24.8. The van der Waals surface area contributed by atoms with Crippen LogP contribution in [0.1, 0.15) is 62.8 Å². The van der Waals surface area contributed by atoms with Crippen molar-refractivity contribution in [1.29, 1.82) is 0 Å². The Labute approximate surface area is 253 Å². The Morgan fingerprint density at radius 2 is 1.70 bits per heavy atom. The summed E-state index contributed by atoms with van der Waals surface area (Å²) >= 11 is 6.84. The van der Waals surface area contributed by atoms with Crippen LogP contribution in [0.2, 0.25) is 5.02 Å². The molecule has 11 heteroatoms. The summed E-state index contributed by atoms with van der Waals surface area (Å²) in [5, 5.41) is 0.792. The van der Waals surface area contributed by atoms with E-state index in [0.29, 0.717) is 35.6 Å². The average Bonchev–Trinajstić information content (AvgIpc) is 3.92. The average molecular weight is 600 g/mol. The first kappa shape index (κ1) is 27.6.